The van der Waals surface area contributed by atoms with Gasteiger partial charge in [0, 0.05) is 27.6 Å². The van der Waals surface area contributed by atoms with E-state index in [1.807, 2.05) is 0 Å². The van der Waals surface area contributed by atoms with Crippen molar-refractivity contribution in [2.75, 3.05) is 26.2 Å². The summed E-state index contributed by atoms with van der Waals surface area (Å²) in [7, 11) is 0. The van der Waals surface area contributed by atoms with Gasteiger partial charge < -0.3 is 10.6 Å². The topological polar surface area (TPSA) is 24.1 Å². The second-order valence-corrected chi connectivity index (χ2v) is 2.21. The van der Waals surface area contributed by atoms with Crippen molar-refractivity contribution >= 4 is 0 Å². The Labute approximate surface area is 72.6 Å². The van der Waals surface area contributed by atoms with Gasteiger partial charge in [-0.3, -0.25) is 0 Å². The largest absolute Gasteiger partial charge is 0.314 e. The van der Waals surface area contributed by atoms with Crippen LogP contribution in [0, 0.1) is 0 Å². The molecule has 0 unspecified atom stereocenters. The van der Waals surface area contributed by atoms with Crippen molar-refractivity contribution in [1.82, 2.24) is 10.6 Å². The van der Waals surface area contributed by atoms with Gasteiger partial charge >= 0.3 is 0 Å². The number of hydrogen-bond donors (Lipinski definition) is 2. The first-order valence-electron chi connectivity index (χ1n) is 4.33. The fourth-order valence-corrected chi connectivity index (χ4v) is 0.604. The van der Waals surface area contributed by atoms with Crippen LogP contribution in [-0.2, 0) is 0 Å². The summed E-state index contributed by atoms with van der Waals surface area (Å²) in [5.41, 5.74) is 0. The molecule has 2 heteroatoms. The monoisotopic (exact) mass is 160 g/mol. The Balaban J connectivity index is -0.000000119. The van der Waals surface area contributed by atoms with E-state index in [-0.39, 0.29) is 1.43 Å². The molecule has 2 N–H and O–H groups in total. The lowest BCUT2D eigenvalue weighted by Crippen LogP contribution is -2.39. The highest BCUT2D eigenvalue weighted by Crippen LogP contribution is 1.65. The Bertz CT molecular complexity index is 45.0. The molecule has 0 radical (unpaired) electrons. The lowest BCUT2D eigenvalue weighted by molar-refractivity contribution is 0.534. The van der Waals surface area contributed by atoms with E-state index < -0.39 is 0 Å². The highest BCUT2D eigenvalue weighted by Gasteiger charge is 1.91. The molecule has 1 rings (SSSR count). The van der Waals surface area contributed by atoms with Crippen LogP contribution in [-0.4, -0.2) is 26.2 Å². The first-order valence-corrected chi connectivity index (χ1v) is 4.33. The van der Waals surface area contributed by atoms with Crippen LogP contribution < -0.4 is 10.6 Å². The molecule has 0 saturated carbocycles. The number of hydrogen-bond acceptors (Lipinski definition) is 2. The van der Waals surface area contributed by atoms with Gasteiger partial charge in [0.15, 0.2) is 0 Å². The second kappa shape index (κ2) is 16.3. The van der Waals surface area contributed by atoms with Crippen LogP contribution >= 0.6 is 0 Å². The molecule has 0 aromatic rings. The van der Waals surface area contributed by atoms with E-state index in [4.69, 9.17) is 0 Å². The minimum Gasteiger partial charge on any atom is -0.314 e. The molecule has 0 atom stereocenters. The Morgan fingerprint density at radius 1 is 1.00 bits per heavy atom. The van der Waals surface area contributed by atoms with Crippen molar-refractivity contribution in [2.24, 2.45) is 0 Å². The van der Waals surface area contributed by atoms with Gasteiger partial charge in [-0.25, -0.2) is 0 Å². The summed E-state index contributed by atoms with van der Waals surface area (Å²) < 4.78 is 0. The third-order valence-electron chi connectivity index (χ3n) is 0.957. The molecule has 0 bridgehead atoms. The Hall–Kier alpha value is -0.340. The van der Waals surface area contributed by atoms with E-state index in [0.717, 1.165) is 26.2 Å². The van der Waals surface area contributed by atoms with Crippen LogP contribution in [0.5, 0.6) is 0 Å². The van der Waals surface area contributed by atoms with Gasteiger partial charge in [-0.05, 0) is 0 Å². The molecule has 2 nitrogen and oxygen atoms in total. The third-order valence-corrected chi connectivity index (χ3v) is 0.957. The van der Waals surface area contributed by atoms with Crippen LogP contribution in [0.15, 0.2) is 13.2 Å². The predicted molar refractivity (Wildman–Crippen MR) is 55.1 cm³/mol. The fourth-order valence-electron chi connectivity index (χ4n) is 0.604. The maximum Gasteiger partial charge on any atom is 0.00772 e. The van der Waals surface area contributed by atoms with E-state index in [2.05, 4.69) is 37.6 Å². The molecule has 11 heavy (non-hydrogen) atoms. The van der Waals surface area contributed by atoms with Crippen molar-refractivity contribution in [1.29, 1.82) is 0 Å². The standard InChI is InChI=1S/C4H10N2.C3H8.C2H4.H2/c1-2-6-4-3-5-1;1-3-2;1-2;/h5-6H,1-4H2;3H2,1-2H3;1-2H2;1H. The van der Waals surface area contributed by atoms with E-state index >= 15 is 0 Å². The number of piperazine rings is 1. The summed E-state index contributed by atoms with van der Waals surface area (Å²) in [6, 6.07) is 0. The van der Waals surface area contributed by atoms with Crippen LogP contribution in [0.2, 0.25) is 0 Å². The molecular formula is C9H24N2. The minimum atomic E-state index is 0. The molecule has 0 aromatic heterocycles. The first kappa shape index (κ1) is 13.3. The van der Waals surface area contributed by atoms with Gasteiger partial charge in [-0.15, -0.1) is 13.2 Å². The van der Waals surface area contributed by atoms with E-state index in [1.54, 1.807) is 0 Å². The molecule has 0 amide bonds. The summed E-state index contributed by atoms with van der Waals surface area (Å²) in [4.78, 5) is 0. The van der Waals surface area contributed by atoms with Crippen molar-refractivity contribution in [3.63, 3.8) is 0 Å². The van der Waals surface area contributed by atoms with Crippen LogP contribution in [0.4, 0.5) is 0 Å². The molecule has 0 aromatic carbocycles. The predicted octanol–water partition coefficient (Wildman–Crippen LogP) is 1.64. The van der Waals surface area contributed by atoms with Crippen molar-refractivity contribution in [2.45, 2.75) is 20.3 Å². The van der Waals surface area contributed by atoms with Gasteiger partial charge in [0.1, 0.15) is 0 Å². The molecule has 70 valence electrons. The normalized spacial score (nSPS) is 15.1. The Morgan fingerprint density at radius 2 is 1.18 bits per heavy atom. The average molecular weight is 160 g/mol. The average Bonchev–Trinajstić information content (AvgIpc) is 2.12. The molecular weight excluding hydrogens is 136 g/mol. The first-order chi connectivity index (χ1) is 5.41. The number of rotatable bonds is 0. The molecule has 1 fully saturated rings. The lowest BCUT2D eigenvalue weighted by Gasteiger charge is -2.11. The van der Waals surface area contributed by atoms with E-state index in [9.17, 15) is 0 Å². The zero-order valence-corrected chi connectivity index (χ0v) is 7.95. The van der Waals surface area contributed by atoms with E-state index in [1.165, 1.54) is 6.42 Å². The van der Waals surface area contributed by atoms with Gasteiger partial charge in [0.2, 0.25) is 0 Å². The number of nitrogens with one attached hydrogen (secondary N) is 2. The van der Waals surface area contributed by atoms with Gasteiger partial charge in [-0.2, -0.15) is 0 Å². The lowest BCUT2D eigenvalue weighted by atomic mass is 10.4. The highest BCUT2D eigenvalue weighted by atomic mass is 15.0. The second-order valence-electron chi connectivity index (χ2n) is 2.21. The summed E-state index contributed by atoms with van der Waals surface area (Å²) in [6.45, 7) is 14.8. The molecule has 0 aliphatic carbocycles. The Kier molecular flexibility index (Phi) is 19.7. The third kappa shape index (κ3) is 17.7. The van der Waals surface area contributed by atoms with Crippen molar-refractivity contribution in [3.05, 3.63) is 13.2 Å². The smallest absolute Gasteiger partial charge is 0.00772 e. The SMILES string of the molecule is C1CNCCN1.C=C.CCC.[HH]. The maximum atomic E-state index is 3.22. The summed E-state index contributed by atoms with van der Waals surface area (Å²) in [6.07, 6.45) is 1.25. The summed E-state index contributed by atoms with van der Waals surface area (Å²) >= 11 is 0. The van der Waals surface area contributed by atoms with Gasteiger partial charge in [0.25, 0.3) is 0 Å². The minimum absolute atomic E-state index is 0. The highest BCUT2D eigenvalue weighted by molar-refractivity contribution is 4.59. The van der Waals surface area contributed by atoms with Gasteiger partial charge in [-0.1, -0.05) is 20.3 Å². The van der Waals surface area contributed by atoms with E-state index in [0.29, 0.717) is 0 Å². The molecule has 0 spiro atoms. The zero-order valence-electron chi connectivity index (χ0n) is 7.95. The van der Waals surface area contributed by atoms with Crippen LogP contribution in [0.1, 0.15) is 21.7 Å². The van der Waals surface area contributed by atoms with Crippen LogP contribution in [0.3, 0.4) is 0 Å². The van der Waals surface area contributed by atoms with Gasteiger partial charge in [0.05, 0.1) is 0 Å². The molecule has 1 heterocycles. The molecule has 1 aliphatic rings. The zero-order chi connectivity index (χ0) is 8.95. The van der Waals surface area contributed by atoms with Crippen LogP contribution in [0.25, 0.3) is 0 Å². The summed E-state index contributed by atoms with van der Waals surface area (Å²) in [5, 5.41) is 6.44. The quantitative estimate of drug-likeness (QED) is 0.526. The summed E-state index contributed by atoms with van der Waals surface area (Å²) in [5.74, 6) is 0. The van der Waals surface area contributed by atoms with Crippen molar-refractivity contribution in [3.8, 4) is 0 Å². The molecule has 1 aliphatic heterocycles. The maximum absolute atomic E-state index is 3.22. The Morgan fingerprint density at radius 3 is 1.27 bits per heavy atom. The fraction of sp³-hybridized carbons (Fsp3) is 0.778. The van der Waals surface area contributed by atoms with Crippen molar-refractivity contribution < 1.29 is 1.43 Å². The molecule has 1 saturated heterocycles.